The molecule has 5 nitrogen and oxygen atoms in total. The third-order valence-corrected chi connectivity index (χ3v) is 4.62. The first kappa shape index (κ1) is 20.4. The van der Waals surface area contributed by atoms with E-state index in [1.165, 1.54) is 0 Å². The molecule has 3 rings (SSSR count). The number of nitrogens with one attached hydrogen (secondary N) is 2. The molecule has 0 spiro atoms. The van der Waals surface area contributed by atoms with Crippen LogP contribution in [0.2, 0.25) is 5.02 Å². The molecule has 0 heterocycles. The molecule has 6 heteroatoms. The van der Waals surface area contributed by atoms with Crippen LogP contribution >= 0.6 is 11.6 Å². The van der Waals surface area contributed by atoms with E-state index in [-0.39, 0.29) is 10.6 Å². The van der Waals surface area contributed by atoms with Gasteiger partial charge < -0.3 is 10.1 Å². The first-order valence-electron chi connectivity index (χ1n) is 9.09. The number of urea groups is 1. The molecule has 3 aromatic carbocycles. The molecule has 3 amide bonds. The fourth-order valence-electron chi connectivity index (χ4n) is 2.96. The lowest BCUT2D eigenvalue weighted by molar-refractivity contribution is 0.0967. The number of amides is 3. The highest BCUT2D eigenvalue weighted by atomic mass is 35.5. The number of anilines is 1. The molecular weight excluding hydrogens is 388 g/mol. The van der Waals surface area contributed by atoms with E-state index in [1.54, 1.807) is 36.4 Å². The number of rotatable bonds is 5. The van der Waals surface area contributed by atoms with Crippen molar-refractivity contribution in [2.45, 2.75) is 20.5 Å². The van der Waals surface area contributed by atoms with Crippen molar-refractivity contribution in [2.75, 3.05) is 5.32 Å². The molecule has 148 valence electrons. The second-order valence-electron chi connectivity index (χ2n) is 6.60. The zero-order valence-electron chi connectivity index (χ0n) is 16.2. The number of carbonyl (C=O) groups excluding carboxylic acids is 2. The summed E-state index contributed by atoms with van der Waals surface area (Å²) >= 11 is 5.99. The van der Waals surface area contributed by atoms with E-state index in [4.69, 9.17) is 16.3 Å². The second-order valence-corrected chi connectivity index (χ2v) is 7.01. The Balaban J connectivity index is 1.64. The number of hydrogen-bond donors (Lipinski definition) is 2. The summed E-state index contributed by atoms with van der Waals surface area (Å²) in [6.45, 7) is 4.28. The topological polar surface area (TPSA) is 67.4 Å². The van der Waals surface area contributed by atoms with Gasteiger partial charge in [-0.05, 0) is 54.8 Å². The zero-order chi connectivity index (χ0) is 20.8. The van der Waals surface area contributed by atoms with E-state index in [0.29, 0.717) is 12.3 Å². The van der Waals surface area contributed by atoms with Crippen LogP contribution in [0, 0.1) is 13.8 Å². The van der Waals surface area contributed by atoms with Crippen LogP contribution in [0.25, 0.3) is 0 Å². The van der Waals surface area contributed by atoms with Gasteiger partial charge in [-0.15, -0.1) is 0 Å². The smallest absolute Gasteiger partial charge is 0.326 e. The quantitative estimate of drug-likeness (QED) is 0.585. The minimum absolute atomic E-state index is 0.237. The van der Waals surface area contributed by atoms with Gasteiger partial charge >= 0.3 is 6.03 Å². The Morgan fingerprint density at radius 2 is 1.55 bits per heavy atom. The summed E-state index contributed by atoms with van der Waals surface area (Å²) in [4.78, 5) is 24.4. The van der Waals surface area contributed by atoms with Gasteiger partial charge in [0.25, 0.3) is 5.91 Å². The lowest BCUT2D eigenvalue weighted by Gasteiger charge is -2.15. The van der Waals surface area contributed by atoms with E-state index in [0.717, 1.165) is 22.4 Å². The van der Waals surface area contributed by atoms with Crippen LogP contribution in [0.1, 0.15) is 27.0 Å². The lowest BCUT2D eigenvalue weighted by atomic mass is 10.1. The van der Waals surface area contributed by atoms with Crippen LogP contribution in [0.4, 0.5) is 10.5 Å². The number of hydrogen-bond acceptors (Lipinski definition) is 3. The Bertz CT molecular complexity index is 1010. The molecule has 29 heavy (non-hydrogen) atoms. The molecule has 0 unspecified atom stereocenters. The van der Waals surface area contributed by atoms with Gasteiger partial charge in [0.2, 0.25) is 0 Å². The predicted octanol–water partition coefficient (Wildman–Crippen LogP) is 5.50. The van der Waals surface area contributed by atoms with Crippen molar-refractivity contribution in [3.63, 3.8) is 0 Å². The average Bonchev–Trinajstić information content (AvgIpc) is 2.68. The maximum atomic E-state index is 12.2. The summed E-state index contributed by atoms with van der Waals surface area (Å²) in [5.41, 5.74) is 3.64. The molecule has 0 saturated heterocycles. The van der Waals surface area contributed by atoms with Crippen LogP contribution < -0.4 is 15.4 Å². The monoisotopic (exact) mass is 408 g/mol. The molecule has 0 atom stereocenters. The fourth-order valence-corrected chi connectivity index (χ4v) is 3.18. The number of carbonyl (C=O) groups is 2. The van der Waals surface area contributed by atoms with Gasteiger partial charge in [-0.25, -0.2) is 4.79 Å². The number of aryl methyl sites for hydroxylation is 2. The average molecular weight is 409 g/mol. The van der Waals surface area contributed by atoms with Crippen molar-refractivity contribution in [2.24, 2.45) is 0 Å². The summed E-state index contributed by atoms with van der Waals surface area (Å²) in [5.74, 6) is 0.205. The van der Waals surface area contributed by atoms with Crippen molar-refractivity contribution < 1.29 is 14.3 Å². The number of halogens is 1. The first-order chi connectivity index (χ1) is 13.9. The molecule has 0 aliphatic carbocycles. The molecule has 0 radical (unpaired) electrons. The molecule has 0 bridgehead atoms. The summed E-state index contributed by atoms with van der Waals surface area (Å²) < 4.78 is 5.95. The van der Waals surface area contributed by atoms with Gasteiger partial charge in [-0.2, -0.15) is 0 Å². The minimum Gasteiger partial charge on any atom is -0.488 e. The number of benzene rings is 3. The lowest BCUT2D eigenvalue weighted by Crippen LogP contribution is -2.34. The molecule has 0 aromatic heterocycles. The number of imide groups is 1. The summed E-state index contributed by atoms with van der Waals surface area (Å²) in [6, 6.07) is 19.4. The zero-order valence-corrected chi connectivity index (χ0v) is 16.9. The Morgan fingerprint density at radius 3 is 2.21 bits per heavy atom. The highest BCUT2D eigenvalue weighted by Gasteiger charge is 2.14. The molecule has 0 aliphatic rings. The maximum absolute atomic E-state index is 12.2. The van der Waals surface area contributed by atoms with E-state index in [1.807, 2.05) is 44.2 Å². The van der Waals surface area contributed by atoms with E-state index >= 15 is 0 Å². The molecule has 3 aromatic rings. The molecular formula is C23H21ClN2O3. The Hall–Kier alpha value is -3.31. The van der Waals surface area contributed by atoms with Crippen LogP contribution in [0.15, 0.2) is 66.7 Å². The van der Waals surface area contributed by atoms with Crippen molar-refractivity contribution in [1.82, 2.24) is 5.32 Å². The third kappa shape index (κ3) is 5.36. The van der Waals surface area contributed by atoms with Gasteiger partial charge in [0.05, 0.1) is 10.6 Å². The summed E-state index contributed by atoms with van der Waals surface area (Å²) in [6.07, 6.45) is 0. The Kier molecular flexibility index (Phi) is 6.52. The van der Waals surface area contributed by atoms with Crippen molar-refractivity contribution in [3.8, 4) is 5.75 Å². The maximum Gasteiger partial charge on any atom is 0.326 e. The van der Waals surface area contributed by atoms with Crippen molar-refractivity contribution >= 4 is 29.2 Å². The van der Waals surface area contributed by atoms with E-state index < -0.39 is 11.9 Å². The van der Waals surface area contributed by atoms with Crippen LogP contribution in [0.3, 0.4) is 0 Å². The normalized spacial score (nSPS) is 10.3. The fraction of sp³-hybridized carbons (Fsp3) is 0.130. The van der Waals surface area contributed by atoms with Crippen molar-refractivity contribution in [3.05, 3.63) is 94.0 Å². The molecule has 0 aliphatic heterocycles. The summed E-state index contributed by atoms with van der Waals surface area (Å²) in [5, 5.41) is 5.24. The van der Waals surface area contributed by atoms with Gasteiger partial charge in [-0.1, -0.05) is 54.1 Å². The summed E-state index contributed by atoms with van der Waals surface area (Å²) in [7, 11) is 0. The molecule has 0 saturated carbocycles. The second kappa shape index (κ2) is 9.26. The standard InChI is InChI=1S/C23H21ClN2O3/c1-15-12-18(13-16(2)21(15)29-14-17-8-4-3-5-9-17)25-23(28)26-22(27)19-10-6-7-11-20(19)24/h3-13H,14H2,1-2H3,(H2,25,26,27,28). The SMILES string of the molecule is Cc1cc(NC(=O)NC(=O)c2ccccc2Cl)cc(C)c1OCc1ccccc1. The minimum atomic E-state index is -0.633. The highest BCUT2D eigenvalue weighted by Crippen LogP contribution is 2.28. The molecule has 0 fully saturated rings. The van der Waals surface area contributed by atoms with Crippen LogP contribution in [-0.4, -0.2) is 11.9 Å². The first-order valence-corrected chi connectivity index (χ1v) is 9.46. The van der Waals surface area contributed by atoms with E-state index in [2.05, 4.69) is 10.6 Å². The van der Waals surface area contributed by atoms with Crippen molar-refractivity contribution in [1.29, 1.82) is 0 Å². The Morgan fingerprint density at radius 1 is 0.931 bits per heavy atom. The Labute approximate surface area is 174 Å². The van der Waals surface area contributed by atoms with Gasteiger partial charge in [0, 0.05) is 5.69 Å². The third-order valence-electron chi connectivity index (χ3n) is 4.29. The van der Waals surface area contributed by atoms with Crippen LogP contribution in [0.5, 0.6) is 5.75 Å². The predicted molar refractivity (Wildman–Crippen MR) is 115 cm³/mol. The van der Waals surface area contributed by atoms with Gasteiger partial charge in [0.15, 0.2) is 0 Å². The van der Waals surface area contributed by atoms with Gasteiger partial charge in [-0.3, -0.25) is 10.1 Å². The van der Waals surface area contributed by atoms with E-state index in [9.17, 15) is 9.59 Å². The number of ether oxygens (including phenoxy) is 1. The molecule has 2 N–H and O–H groups in total. The van der Waals surface area contributed by atoms with Gasteiger partial charge in [0.1, 0.15) is 12.4 Å². The highest BCUT2D eigenvalue weighted by molar-refractivity contribution is 6.34. The largest absolute Gasteiger partial charge is 0.488 e. The van der Waals surface area contributed by atoms with Crippen LogP contribution in [-0.2, 0) is 6.61 Å².